The van der Waals surface area contributed by atoms with E-state index < -0.39 is 31.0 Å². The van der Waals surface area contributed by atoms with Crippen molar-refractivity contribution in [2.24, 2.45) is 5.92 Å². The molecule has 2 aromatic carbocycles. The highest BCUT2D eigenvalue weighted by molar-refractivity contribution is 8.76. The highest BCUT2D eigenvalue weighted by Crippen LogP contribution is 2.40. The molecule has 9 nitrogen and oxygen atoms in total. The third-order valence-corrected chi connectivity index (χ3v) is 10.3. The van der Waals surface area contributed by atoms with Gasteiger partial charge in [-0.3, -0.25) is 0 Å². The van der Waals surface area contributed by atoms with Crippen LogP contribution in [0.5, 0.6) is 28.7 Å². The Bertz CT molecular complexity index is 1100. The Morgan fingerprint density at radius 3 is 2.20 bits per heavy atom. The Labute approximate surface area is 249 Å². The Hall–Kier alpha value is -2.02. The van der Waals surface area contributed by atoms with Gasteiger partial charge in [-0.05, 0) is 92.3 Å². The topological polar surface area (TPSA) is 138 Å². The molecule has 0 bridgehead atoms. The highest BCUT2D eigenvalue weighted by atomic mass is 33.1. The van der Waals surface area contributed by atoms with Gasteiger partial charge in [0.2, 0.25) is 5.75 Å². The highest BCUT2D eigenvalue weighted by Gasteiger charge is 2.31. The zero-order chi connectivity index (χ0) is 29.4. The number of hydrogen-bond acceptors (Lipinski definition) is 11. The lowest BCUT2D eigenvalue weighted by Crippen LogP contribution is -2.37. The van der Waals surface area contributed by atoms with E-state index in [1.54, 1.807) is 29.0 Å². The maximum Gasteiger partial charge on any atom is 0.200 e. The van der Waals surface area contributed by atoms with Crippen LogP contribution < -0.4 is 14.2 Å². The molecule has 0 saturated heterocycles. The molecule has 4 rings (SSSR count). The second kappa shape index (κ2) is 15.5. The summed E-state index contributed by atoms with van der Waals surface area (Å²) in [6.45, 7) is -0.485. The molecular weight excluding hydrogens is 568 g/mol. The molecule has 1 fully saturated rings. The third-order valence-electron chi connectivity index (χ3n) is 7.96. The number of phenols is 2. The molecule has 41 heavy (non-hydrogen) atoms. The van der Waals surface area contributed by atoms with Crippen LogP contribution in [0.1, 0.15) is 55.2 Å². The van der Waals surface area contributed by atoms with Gasteiger partial charge in [-0.2, -0.15) is 0 Å². The van der Waals surface area contributed by atoms with Gasteiger partial charge in [-0.25, -0.2) is 0 Å². The Balaban J connectivity index is 1.56. The minimum absolute atomic E-state index is 0.111. The standard InChI is InChI=1S/C30H42O9S2/c1-36-28-10-18(11-29(37-2)30(28)35)9-23-24(32)14-22(38-17-31)8-7-19-13-27(39-21-5-3-4-6-21)25(33)12-20(19)15-40-41-16-26(23)34/h10-13,21-24,26,31-35H,3-9,14-17H2,1-2H3/t22-,23-,24+,26-/m0/s1. The molecule has 1 aliphatic carbocycles. The maximum atomic E-state index is 11.4. The quantitative estimate of drug-likeness (QED) is 0.212. The average Bonchev–Trinajstić information content (AvgIpc) is 3.47. The van der Waals surface area contributed by atoms with Gasteiger partial charge in [0.1, 0.15) is 6.79 Å². The van der Waals surface area contributed by atoms with Crippen LogP contribution >= 0.6 is 21.6 Å². The average molecular weight is 611 g/mol. The molecule has 5 N–H and O–H groups in total. The van der Waals surface area contributed by atoms with E-state index in [0.717, 1.165) is 42.4 Å². The summed E-state index contributed by atoms with van der Waals surface area (Å²) in [6.07, 6.45) is 3.77. The molecule has 0 radical (unpaired) electrons. The number of methoxy groups -OCH3 is 2. The molecule has 0 amide bonds. The normalized spacial score (nSPS) is 24.5. The lowest BCUT2D eigenvalue weighted by Gasteiger charge is -2.30. The van der Waals surface area contributed by atoms with Crippen LogP contribution in [0.4, 0.5) is 0 Å². The molecule has 1 saturated carbocycles. The van der Waals surface area contributed by atoms with E-state index in [0.29, 0.717) is 36.5 Å². The fourth-order valence-corrected chi connectivity index (χ4v) is 7.95. The van der Waals surface area contributed by atoms with Crippen LogP contribution in [-0.4, -0.2) is 76.7 Å². The van der Waals surface area contributed by atoms with Crippen LogP contribution in [0.15, 0.2) is 24.3 Å². The van der Waals surface area contributed by atoms with Crippen molar-refractivity contribution in [1.82, 2.24) is 0 Å². The van der Waals surface area contributed by atoms with Gasteiger partial charge in [-0.15, -0.1) is 0 Å². The zero-order valence-corrected chi connectivity index (χ0v) is 25.3. The molecule has 1 aliphatic heterocycles. The summed E-state index contributed by atoms with van der Waals surface area (Å²) in [6, 6.07) is 7.05. The zero-order valence-electron chi connectivity index (χ0n) is 23.7. The van der Waals surface area contributed by atoms with E-state index >= 15 is 0 Å². The molecule has 4 atom stereocenters. The van der Waals surface area contributed by atoms with Gasteiger partial charge < -0.3 is 44.5 Å². The predicted octanol–water partition coefficient (Wildman–Crippen LogP) is 4.57. The lowest BCUT2D eigenvalue weighted by molar-refractivity contribution is -0.0808. The van der Waals surface area contributed by atoms with Crippen molar-refractivity contribution < 1.29 is 44.5 Å². The number of aliphatic hydroxyl groups excluding tert-OH is 3. The van der Waals surface area contributed by atoms with Crippen molar-refractivity contribution in [2.75, 3.05) is 26.8 Å². The second-order valence-corrected chi connectivity index (χ2v) is 13.2. The maximum absolute atomic E-state index is 11.4. The molecular formula is C30H42O9S2. The van der Waals surface area contributed by atoms with Crippen molar-refractivity contribution in [3.05, 3.63) is 41.0 Å². The van der Waals surface area contributed by atoms with E-state index in [1.165, 1.54) is 25.0 Å². The van der Waals surface area contributed by atoms with Gasteiger partial charge in [0, 0.05) is 17.4 Å². The molecule has 228 valence electrons. The van der Waals surface area contributed by atoms with E-state index in [9.17, 15) is 25.5 Å². The SMILES string of the molecule is COc1cc(C[C@H]2[C@H](O)C[C@@H](OCO)CCc3cc(OC4CCCC4)c(O)cc3CSSC[C@@H]2O)cc(OC)c1O. The Morgan fingerprint density at radius 2 is 1.54 bits per heavy atom. The molecule has 0 spiro atoms. The van der Waals surface area contributed by atoms with Gasteiger partial charge in [0.15, 0.2) is 23.0 Å². The Morgan fingerprint density at radius 1 is 0.829 bits per heavy atom. The minimum Gasteiger partial charge on any atom is -0.504 e. The lowest BCUT2D eigenvalue weighted by atomic mass is 9.86. The summed E-state index contributed by atoms with van der Waals surface area (Å²) in [5.41, 5.74) is 2.75. The van der Waals surface area contributed by atoms with Crippen molar-refractivity contribution in [3.63, 3.8) is 0 Å². The van der Waals surface area contributed by atoms with Crippen molar-refractivity contribution in [3.8, 4) is 28.7 Å². The minimum atomic E-state index is -0.931. The number of ether oxygens (including phenoxy) is 4. The van der Waals surface area contributed by atoms with E-state index in [4.69, 9.17) is 18.9 Å². The third kappa shape index (κ3) is 8.52. The van der Waals surface area contributed by atoms with E-state index in [2.05, 4.69) is 0 Å². The summed E-state index contributed by atoms with van der Waals surface area (Å²) in [5, 5.41) is 53.3. The first-order valence-electron chi connectivity index (χ1n) is 14.1. The molecule has 1 heterocycles. The first kappa shape index (κ1) is 31.9. The first-order valence-corrected chi connectivity index (χ1v) is 16.6. The van der Waals surface area contributed by atoms with Gasteiger partial charge >= 0.3 is 0 Å². The monoisotopic (exact) mass is 610 g/mol. The van der Waals surface area contributed by atoms with E-state index in [1.807, 2.05) is 6.07 Å². The van der Waals surface area contributed by atoms with Crippen LogP contribution in [0, 0.1) is 5.92 Å². The van der Waals surface area contributed by atoms with Crippen LogP contribution in [-0.2, 0) is 23.3 Å². The molecule has 0 aromatic heterocycles. The summed E-state index contributed by atoms with van der Waals surface area (Å²) in [4.78, 5) is 0. The van der Waals surface area contributed by atoms with Gasteiger partial charge in [0.05, 0.1) is 38.6 Å². The van der Waals surface area contributed by atoms with Crippen LogP contribution in [0.2, 0.25) is 0 Å². The van der Waals surface area contributed by atoms with Gasteiger partial charge in [0.25, 0.3) is 0 Å². The number of fused-ring (bicyclic) bond motifs is 1. The fraction of sp³-hybridized carbons (Fsp3) is 0.600. The number of rotatable bonds is 8. The summed E-state index contributed by atoms with van der Waals surface area (Å²) < 4.78 is 22.4. The van der Waals surface area contributed by atoms with Crippen molar-refractivity contribution >= 4 is 21.6 Å². The molecule has 2 aromatic rings. The smallest absolute Gasteiger partial charge is 0.200 e. The second-order valence-electron chi connectivity index (χ2n) is 10.7. The molecule has 0 unspecified atom stereocenters. The largest absolute Gasteiger partial charge is 0.504 e. The summed E-state index contributed by atoms with van der Waals surface area (Å²) >= 11 is 0. The number of aryl methyl sites for hydroxylation is 1. The van der Waals surface area contributed by atoms with Crippen molar-refractivity contribution in [2.45, 2.75) is 81.5 Å². The van der Waals surface area contributed by atoms with Crippen LogP contribution in [0.3, 0.4) is 0 Å². The Kier molecular flexibility index (Phi) is 12.0. The van der Waals surface area contributed by atoms with Gasteiger partial charge in [-0.1, -0.05) is 21.6 Å². The number of aliphatic hydroxyl groups is 3. The molecule has 11 heteroatoms. The first-order chi connectivity index (χ1) is 19.8. The summed E-state index contributed by atoms with van der Waals surface area (Å²) in [5.74, 6) is 1.44. The van der Waals surface area contributed by atoms with Crippen LogP contribution in [0.25, 0.3) is 0 Å². The number of benzene rings is 2. The predicted molar refractivity (Wildman–Crippen MR) is 160 cm³/mol. The summed E-state index contributed by atoms with van der Waals surface area (Å²) in [7, 11) is 5.99. The molecule has 2 aliphatic rings. The van der Waals surface area contributed by atoms with E-state index in [-0.39, 0.29) is 35.5 Å². The number of aromatic hydroxyl groups is 2. The number of hydrogen-bond donors (Lipinski definition) is 5. The number of phenolic OH excluding ortho intramolecular Hbond substituents is 2. The fourth-order valence-electron chi connectivity index (χ4n) is 5.65. The van der Waals surface area contributed by atoms with Crippen molar-refractivity contribution in [1.29, 1.82) is 0 Å².